The number of hydrogen-bond acceptors (Lipinski definition) is 2. The third-order valence-electron chi connectivity index (χ3n) is 3.39. The van der Waals surface area contributed by atoms with Crippen LogP contribution in [0.3, 0.4) is 0 Å². The highest BCUT2D eigenvalue weighted by molar-refractivity contribution is 5.38. The molecule has 2 nitrogen and oxygen atoms in total. The van der Waals surface area contributed by atoms with Gasteiger partial charge in [-0.25, -0.2) is 0 Å². The third-order valence-corrected chi connectivity index (χ3v) is 3.39. The normalized spacial score (nSPS) is 24.7. The molecule has 2 unspecified atom stereocenters. The molecule has 0 aliphatic heterocycles. The molecule has 0 aromatic heterocycles. The van der Waals surface area contributed by atoms with Crippen LogP contribution in [0.1, 0.15) is 43.9 Å². The van der Waals surface area contributed by atoms with E-state index in [2.05, 4.69) is 25.1 Å². The van der Waals surface area contributed by atoms with E-state index in [4.69, 9.17) is 10.5 Å². The fourth-order valence-electron chi connectivity index (χ4n) is 2.48. The Balaban J connectivity index is 2.30. The van der Waals surface area contributed by atoms with E-state index in [0.29, 0.717) is 6.61 Å². The highest BCUT2D eigenvalue weighted by atomic mass is 16.5. The number of hydrogen-bond donors (Lipinski definition) is 1. The number of nitrogens with two attached hydrogens (primary N) is 1. The highest BCUT2D eigenvalue weighted by Gasteiger charge is 2.19. The van der Waals surface area contributed by atoms with Crippen LogP contribution in [0, 0.1) is 5.92 Å². The van der Waals surface area contributed by atoms with Crippen molar-refractivity contribution in [3.05, 3.63) is 29.3 Å². The van der Waals surface area contributed by atoms with Crippen LogP contribution in [-0.2, 0) is 6.42 Å². The van der Waals surface area contributed by atoms with E-state index in [1.165, 1.54) is 17.5 Å². The molecule has 16 heavy (non-hydrogen) atoms. The standard InChI is InChI=1S/C14H21NO/c1-3-16-12-7-6-11-5-4-10(2)8-14(15)13(11)9-12/h6-7,9-10,14H,3-5,8,15H2,1-2H3. The molecule has 1 aromatic carbocycles. The van der Waals surface area contributed by atoms with E-state index in [-0.39, 0.29) is 6.04 Å². The van der Waals surface area contributed by atoms with Gasteiger partial charge in [0.2, 0.25) is 0 Å². The number of fused-ring (bicyclic) bond motifs is 1. The maximum Gasteiger partial charge on any atom is 0.119 e. The number of ether oxygens (including phenoxy) is 1. The molecule has 0 saturated carbocycles. The minimum absolute atomic E-state index is 0.174. The smallest absolute Gasteiger partial charge is 0.119 e. The maximum absolute atomic E-state index is 6.25. The summed E-state index contributed by atoms with van der Waals surface area (Å²) in [4.78, 5) is 0. The molecule has 0 fully saturated rings. The lowest BCUT2D eigenvalue weighted by atomic mass is 9.98. The second-order valence-electron chi connectivity index (χ2n) is 4.78. The summed E-state index contributed by atoms with van der Waals surface area (Å²) in [6, 6.07) is 6.54. The molecule has 2 heteroatoms. The fourth-order valence-corrected chi connectivity index (χ4v) is 2.48. The molecule has 0 spiro atoms. The topological polar surface area (TPSA) is 35.2 Å². The van der Waals surface area contributed by atoms with Crippen LogP contribution in [-0.4, -0.2) is 6.61 Å². The molecule has 1 aliphatic rings. The lowest BCUT2D eigenvalue weighted by Gasteiger charge is -2.15. The Hall–Kier alpha value is -1.02. The quantitative estimate of drug-likeness (QED) is 0.776. The molecule has 1 aromatic rings. The Morgan fingerprint density at radius 3 is 3.00 bits per heavy atom. The summed E-state index contributed by atoms with van der Waals surface area (Å²) in [7, 11) is 0. The summed E-state index contributed by atoms with van der Waals surface area (Å²) < 4.78 is 5.53. The van der Waals surface area contributed by atoms with Crippen LogP contribution in [0.25, 0.3) is 0 Å². The summed E-state index contributed by atoms with van der Waals surface area (Å²) >= 11 is 0. The number of aryl methyl sites for hydroxylation is 1. The largest absolute Gasteiger partial charge is 0.494 e. The predicted octanol–water partition coefficient (Wildman–Crippen LogP) is 3.06. The average Bonchev–Trinajstić information content (AvgIpc) is 2.40. The third kappa shape index (κ3) is 2.38. The van der Waals surface area contributed by atoms with Gasteiger partial charge in [-0.05, 0) is 55.4 Å². The van der Waals surface area contributed by atoms with E-state index < -0.39 is 0 Å². The summed E-state index contributed by atoms with van der Waals surface area (Å²) in [6.45, 7) is 5.01. The zero-order chi connectivity index (χ0) is 11.5. The minimum atomic E-state index is 0.174. The van der Waals surface area contributed by atoms with Gasteiger partial charge < -0.3 is 10.5 Å². The fraction of sp³-hybridized carbons (Fsp3) is 0.571. The van der Waals surface area contributed by atoms with E-state index in [9.17, 15) is 0 Å². The van der Waals surface area contributed by atoms with Crippen molar-refractivity contribution in [3.8, 4) is 5.75 Å². The Morgan fingerprint density at radius 2 is 2.25 bits per heavy atom. The van der Waals surface area contributed by atoms with Gasteiger partial charge in [-0.15, -0.1) is 0 Å². The first kappa shape index (κ1) is 11.5. The van der Waals surface area contributed by atoms with Gasteiger partial charge in [0.25, 0.3) is 0 Å². The number of rotatable bonds is 2. The highest BCUT2D eigenvalue weighted by Crippen LogP contribution is 2.32. The molecule has 0 bridgehead atoms. The van der Waals surface area contributed by atoms with Crippen LogP contribution in [0.15, 0.2) is 18.2 Å². The van der Waals surface area contributed by atoms with Gasteiger partial charge in [-0.2, -0.15) is 0 Å². The summed E-state index contributed by atoms with van der Waals surface area (Å²) in [5.74, 6) is 1.67. The summed E-state index contributed by atoms with van der Waals surface area (Å²) in [5.41, 5.74) is 8.94. The molecule has 2 N–H and O–H groups in total. The average molecular weight is 219 g/mol. The van der Waals surface area contributed by atoms with Crippen LogP contribution < -0.4 is 10.5 Å². The molecule has 0 heterocycles. The van der Waals surface area contributed by atoms with Crippen LogP contribution >= 0.6 is 0 Å². The Kier molecular flexibility index (Phi) is 3.49. The predicted molar refractivity (Wildman–Crippen MR) is 66.6 cm³/mol. The zero-order valence-electron chi connectivity index (χ0n) is 10.2. The zero-order valence-corrected chi connectivity index (χ0v) is 10.2. The Labute approximate surface area is 97.8 Å². The molecule has 0 amide bonds. The molecule has 0 radical (unpaired) electrons. The molecule has 2 rings (SSSR count). The first-order valence-electron chi connectivity index (χ1n) is 6.22. The van der Waals surface area contributed by atoms with E-state index in [1.807, 2.05) is 6.92 Å². The van der Waals surface area contributed by atoms with Crippen molar-refractivity contribution in [2.24, 2.45) is 11.7 Å². The SMILES string of the molecule is CCOc1ccc2c(c1)C(N)CC(C)CC2. The molecular weight excluding hydrogens is 198 g/mol. The van der Waals surface area contributed by atoms with Crippen molar-refractivity contribution in [1.29, 1.82) is 0 Å². The number of benzene rings is 1. The van der Waals surface area contributed by atoms with Crippen LogP contribution in [0.5, 0.6) is 5.75 Å². The second-order valence-corrected chi connectivity index (χ2v) is 4.78. The van der Waals surface area contributed by atoms with Crippen LogP contribution in [0.4, 0.5) is 0 Å². The van der Waals surface area contributed by atoms with Gasteiger partial charge in [0.05, 0.1) is 6.61 Å². The molecule has 2 atom stereocenters. The lowest BCUT2D eigenvalue weighted by Crippen LogP contribution is -2.13. The second kappa shape index (κ2) is 4.88. The molecule has 88 valence electrons. The van der Waals surface area contributed by atoms with Crippen molar-refractivity contribution in [2.75, 3.05) is 6.61 Å². The van der Waals surface area contributed by atoms with Crippen molar-refractivity contribution in [2.45, 2.75) is 39.2 Å². The van der Waals surface area contributed by atoms with Crippen molar-refractivity contribution in [1.82, 2.24) is 0 Å². The van der Waals surface area contributed by atoms with Crippen molar-refractivity contribution < 1.29 is 4.74 Å². The first-order valence-corrected chi connectivity index (χ1v) is 6.22. The van der Waals surface area contributed by atoms with Gasteiger partial charge >= 0.3 is 0 Å². The maximum atomic E-state index is 6.25. The Bertz CT molecular complexity index is 362. The van der Waals surface area contributed by atoms with Gasteiger partial charge in [-0.3, -0.25) is 0 Å². The minimum Gasteiger partial charge on any atom is -0.494 e. The van der Waals surface area contributed by atoms with Gasteiger partial charge in [0.15, 0.2) is 0 Å². The van der Waals surface area contributed by atoms with E-state index >= 15 is 0 Å². The Morgan fingerprint density at radius 1 is 1.44 bits per heavy atom. The van der Waals surface area contributed by atoms with Gasteiger partial charge in [-0.1, -0.05) is 13.0 Å². The lowest BCUT2D eigenvalue weighted by molar-refractivity contribution is 0.339. The van der Waals surface area contributed by atoms with E-state index in [0.717, 1.165) is 24.5 Å². The van der Waals surface area contributed by atoms with Gasteiger partial charge in [0.1, 0.15) is 5.75 Å². The van der Waals surface area contributed by atoms with Gasteiger partial charge in [0, 0.05) is 6.04 Å². The first-order chi connectivity index (χ1) is 7.70. The summed E-state index contributed by atoms with van der Waals surface area (Å²) in [6.07, 6.45) is 3.48. The van der Waals surface area contributed by atoms with E-state index in [1.54, 1.807) is 0 Å². The van der Waals surface area contributed by atoms with Crippen molar-refractivity contribution >= 4 is 0 Å². The van der Waals surface area contributed by atoms with Crippen molar-refractivity contribution in [3.63, 3.8) is 0 Å². The molecule has 1 aliphatic carbocycles. The van der Waals surface area contributed by atoms with Crippen LogP contribution in [0.2, 0.25) is 0 Å². The molecule has 0 saturated heterocycles. The molecular formula is C14H21NO. The monoisotopic (exact) mass is 219 g/mol. The summed E-state index contributed by atoms with van der Waals surface area (Å²) in [5, 5.41) is 0.